The molecule has 28 heavy (non-hydrogen) atoms. The molecule has 0 spiro atoms. The summed E-state index contributed by atoms with van der Waals surface area (Å²) in [4.78, 5) is 26.9. The van der Waals surface area contributed by atoms with Gasteiger partial charge in [0.15, 0.2) is 0 Å². The first kappa shape index (κ1) is 19.7. The van der Waals surface area contributed by atoms with Crippen LogP contribution >= 0.6 is 0 Å². The Morgan fingerprint density at radius 2 is 1.86 bits per heavy atom. The van der Waals surface area contributed by atoms with E-state index in [1.165, 1.54) is 12.7 Å². The van der Waals surface area contributed by atoms with Crippen LogP contribution in [0, 0.1) is 20.8 Å². The Morgan fingerprint density at radius 3 is 2.46 bits per heavy atom. The van der Waals surface area contributed by atoms with Crippen LogP contribution in [-0.2, 0) is 14.3 Å². The molecule has 0 fully saturated rings. The second kappa shape index (κ2) is 7.50. The lowest BCUT2D eigenvalue weighted by atomic mass is 10.0. The molecule has 2 aromatic rings. The van der Waals surface area contributed by atoms with Crippen molar-refractivity contribution in [2.45, 2.75) is 34.6 Å². The summed E-state index contributed by atoms with van der Waals surface area (Å²) >= 11 is 0. The number of nitrogens with zero attached hydrogens (tertiary/aromatic N) is 2. The van der Waals surface area contributed by atoms with Crippen LogP contribution in [0.25, 0.3) is 11.8 Å². The van der Waals surface area contributed by atoms with Gasteiger partial charge in [0.05, 0.1) is 18.3 Å². The van der Waals surface area contributed by atoms with Crippen LogP contribution in [0.4, 0.5) is 0 Å². The van der Waals surface area contributed by atoms with Crippen molar-refractivity contribution >= 4 is 18.0 Å². The standard InChI is InChI=1S/C23H26N2O3/c1-7-24-17(5)21(23(27)28-6)20(22(24)26)13-18-12-15(3)25(16(18)4)19-10-8-9-14(2)11-19/h8-13H,7H2,1-6H3. The first-order valence-electron chi connectivity index (χ1n) is 9.39. The number of aryl methyl sites for hydroxylation is 2. The first-order valence-corrected chi connectivity index (χ1v) is 9.39. The normalized spacial score (nSPS) is 15.7. The van der Waals surface area contributed by atoms with Crippen molar-refractivity contribution in [3.05, 3.63) is 69.7 Å². The summed E-state index contributed by atoms with van der Waals surface area (Å²) in [6, 6.07) is 10.3. The Hall–Kier alpha value is -3.08. The van der Waals surface area contributed by atoms with Crippen molar-refractivity contribution in [3.63, 3.8) is 0 Å². The number of rotatable bonds is 4. The quantitative estimate of drug-likeness (QED) is 0.595. The molecule has 0 saturated carbocycles. The maximum Gasteiger partial charge on any atom is 0.340 e. The third-order valence-electron chi connectivity index (χ3n) is 5.25. The van der Waals surface area contributed by atoms with Gasteiger partial charge in [0.25, 0.3) is 5.91 Å². The van der Waals surface area contributed by atoms with E-state index in [0.717, 1.165) is 22.6 Å². The predicted octanol–water partition coefficient (Wildman–Crippen LogP) is 4.10. The zero-order chi connectivity index (χ0) is 20.6. The molecule has 0 saturated heterocycles. The van der Waals surface area contributed by atoms with Crippen LogP contribution in [0.5, 0.6) is 0 Å². The average Bonchev–Trinajstić information content (AvgIpc) is 3.07. The molecule has 5 heteroatoms. The lowest BCUT2D eigenvalue weighted by Crippen LogP contribution is -2.24. The Kier molecular flexibility index (Phi) is 5.27. The topological polar surface area (TPSA) is 51.5 Å². The minimum absolute atomic E-state index is 0.166. The van der Waals surface area contributed by atoms with E-state index in [2.05, 4.69) is 29.7 Å². The van der Waals surface area contributed by atoms with E-state index in [-0.39, 0.29) is 5.91 Å². The number of carbonyl (C=O) groups is 2. The molecule has 0 bridgehead atoms. The predicted molar refractivity (Wildman–Crippen MR) is 110 cm³/mol. The summed E-state index contributed by atoms with van der Waals surface area (Å²) in [6.45, 7) is 10.3. The van der Waals surface area contributed by atoms with Gasteiger partial charge in [0.1, 0.15) is 0 Å². The van der Waals surface area contributed by atoms with E-state index in [4.69, 9.17) is 4.74 Å². The van der Waals surface area contributed by atoms with E-state index in [9.17, 15) is 9.59 Å². The molecule has 2 heterocycles. The molecule has 1 aromatic carbocycles. The van der Waals surface area contributed by atoms with Gasteiger partial charge in [-0.1, -0.05) is 12.1 Å². The molecule has 0 atom stereocenters. The number of esters is 1. The van der Waals surface area contributed by atoms with Crippen molar-refractivity contribution in [2.24, 2.45) is 0 Å². The molecule has 146 valence electrons. The highest BCUT2D eigenvalue weighted by molar-refractivity contribution is 6.16. The number of likely N-dealkylation sites (N-methyl/N-ethyl adjacent to an activating group) is 1. The Bertz CT molecular complexity index is 1020. The van der Waals surface area contributed by atoms with Gasteiger partial charge in [-0.25, -0.2) is 4.79 Å². The zero-order valence-corrected chi connectivity index (χ0v) is 17.3. The Morgan fingerprint density at radius 1 is 1.14 bits per heavy atom. The second-order valence-corrected chi connectivity index (χ2v) is 7.06. The van der Waals surface area contributed by atoms with Gasteiger partial charge in [0.2, 0.25) is 0 Å². The van der Waals surface area contributed by atoms with Crippen LogP contribution in [0.15, 0.2) is 47.2 Å². The number of methoxy groups -OCH3 is 1. The molecule has 0 radical (unpaired) electrons. The van der Waals surface area contributed by atoms with Crippen molar-refractivity contribution in [1.82, 2.24) is 9.47 Å². The summed E-state index contributed by atoms with van der Waals surface area (Å²) in [7, 11) is 1.34. The summed E-state index contributed by atoms with van der Waals surface area (Å²) in [6.07, 6.45) is 1.81. The second-order valence-electron chi connectivity index (χ2n) is 7.06. The minimum Gasteiger partial charge on any atom is -0.465 e. The SMILES string of the molecule is CCN1C(=O)C(=Cc2cc(C)n(-c3cccc(C)c3)c2C)C(C(=O)OC)=C1C. The van der Waals surface area contributed by atoms with Crippen LogP contribution in [0.1, 0.15) is 36.4 Å². The van der Waals surface area contributed by atoms with E-state index in [1.807, 2.05) is 39.0 Å². The highest BCUT2D eigenvalue weighted by atomic mass is 16.5. The monoisotopic (exact) mass is 378 g/mol. The van der Waals surface area contributed by atoms with Gasteiger partial charge in [-0.2, -0.15) is 0 Å². The summed E-state index contributed by atoms with van der Waals surface area (Å²) < 4.78 is 7.09. The van der Waals surface area contributed by atoms with Crippen molar-refractivity contribution in [2.75, 3.05) is 13.7 Å². The first-order chi connectivity index (χ1) is 13.3. The maximum atomic E-state index is 12.9. The zero-order valence-electron chi connectivity index (χ0n) is 17.3. The number of hydrogen-bond acceptors (Lipinski definition) is 3. The largest absolute Gasteiger partial charge is 0.465 e. The molecule has 1 aliphatic heterocycles. The Balaban J connectivity index is 2.14. The van der Waals surface area contributed by atoms with Gasteiger partial charge >= 0.3 is 5.97 Å². The van der Waals surface area contributed by atoms with Crippen LogP contribution < -0.4 is 0 Å². The van der Waals surface area contributed by atoms with Gasteiger partial charge in [0, 0.05) is 29.3 Å². The summed E-state index contributed by atoms with van der Waals surface area (Å²) in [5.74, 6) is -0.652. The number of carbonyl (C=O) groups excluding carboxylic acids is 2. The highest BCUT2D eigenvalue weighted by Crippen LogP contribution is 2.33. The molecule has 0 aliphatic carbocycles. The third kappa shape index (κ3) is 3.17. The van der Waals surface area contributed by atoms with E-state index in [0.29, 0.717) is 23.4 Å². The average molecular weight is 378 g/mol. The van der Waals surface area contributed by atoms with E-state index < -0.39 is 5.97 Å². The molecule has 5 nitrogen and oxygen atoms in total. The van der Waals surface area contributed by atoms with Crippen LogP contribution in [0.3, 0.4) is 0 Å². The molecule has 1 aliphatic rings. The fourth-order valence-electron chi connectivity index (χ4n) is 3.86. The van der Waals surface area contributed by atoms with Crippen molar-refractivity contribution in [1.29, 1.82) is 0 Å². The molecule has 0 N–H and O–H groups in total. The lowest BCUT2D eigenvalue weighted by molar-refractivity contribution is -0.136. The molecule has 3 rings (SSSR count). The van der Waals surface area contributed by atoms with Crippen LogP contribution in [0.2, 0.25) is 0 Å². The van der Waals surface area contributed by atoms with Crippen LogP contribution in [-0.4, -0.2) is 35.0 Å². The fraction of sp³-hybridized carbons (Fsp3) is 0.304. The van der Waals surface area contributed by atoms with E-state index >= 15 is 0 Å². The summed E-state index contributed by atoms with van der Waals surface area (Å²) in [5, 5.41) is 0. The van der Waals surface area contributed by atoms with Gasteiger partial charge in [-0.15, -0.1) is 0 Å². The summed E-state index contributed by atoms with van der Waals surface area (Å²) in [5.41, 5.74) is 6.61. The fourth-order valence-corrected chi connectivity index (χ4v) is 3.86. The number of ether oxygens (including phenoxy) is 1. The molecular weight excluding hydrogens is 352 g/mol. The number of hydrogen-bond donors (Lipinski definition) is 0. The number of benzene rings is 1. The van der Waals surface area contributed by atoms with Crippen molar-refractivity contribution < 1.29 is 14.3 Å². The maximum absolute atomic E-state index is 12.9. The Labute approximate surface area is 165 Å². The highest BCUT2D eigenvalue weighted by Gasteiger charge is 2.36. The number of amides is 1. The minimum atomic E-state index is -0.486. The third-order valence-corrected chi connectivity index (χ3v) is 5.25. The molecular formula is C23H26N2O3. The van der Waals surface area contributed by atoms with Crippen molar-refractivity contribution in [3.8, 4) is 5.69 Å². The smallest absolute Gasteiger partial charge is 0.340 e. The lowest BCUT2D eigenvalue weighted by Gasteiger charge is -2.14. The van der Waals surface area contributed by atoms with E-state index in [1.54, 1.807) is 11.8 Å². The number of aromatic nitrogens is 1. The van der Waals surface area contributed by atoms with Gasteiger partial charge in [-0.3, -0.25) is 4.79 Å². The molecule has 1 amide bonds. The molecule has 1 aromatic heterocycles. The number of allylic oxidation sites excluding steroid dienone is 1. The van der Waals surface area contributed by atoms with Gasteiger partial charge < -0.3 is 14.2 Å². The van der Waals surface area contributed by atoms with Gasteiger partial charge in [-0.05, 0) is 70.0 Å². The molecule has 0 unspecified atom stereocenters.